The number of halogens is 3. The lowest BCUT2D eigenvalue weighted by atomic mass is 9.79. The number of alkyl halides is 3. The normalized spacial score (nSPS) is 21.1. The molecule has 2 atom stereocenters. The average molecular weight is 416 g/mol. The van der Waals surface area contributed by atoms with Crippen molar-refractivity contribution in [3.8, 4) is 5.75 Å². The molecule has 0 bridgehead atoms. The standard InChI is InChI=1S/C20H15F3N4O3/c21-20(22,23)30-13-5-3-11(4-6-13)18-17-14(26-19-24-10-25-27(18)19)8-12(9-15(17)28)16-2-1-7-29-16/h1-7,10,12,18H,8-9H2,(H,24,25,26). The number of fused-ring (bicyclic) bond motifs is 1. The Morgan fingerprint density at radius 3 is 2.67 bits per heavy atom. The number of anilines is 1. The number of ketones is 1. The van der Waals surface area contributed by atoms with Crippen LogP contribution in [0.25, 0.3) is 0 Å². The van der Waals surface area contributed by atoms with E-state index in [4.69, 9.17) is 4.42 Å². The number of hydrogen-bond acceptors (Lipinski definition) is 6. The number of ether oxygens (including phenoxy) is 1. The lowest BCUT2D eigenvalue weighted by molar-refractivity contribution is -0.274. The van der Waals surface area contributed by atoms with E-state index in [-0.39, 0.29) is 23.9 Å². The van der Waals surface area contributed by atoms with Crippen LogP contribution in [0.4, 0.5) is 19.1 Å². The molecule has 7 nitrogen and oxygen atoms in total. The quantitative estimate of drug-likeness (QED) is 0.690. The summed E-state index contributed by atoms with van der Waals surface area (Å²) in [6.45, 7) is 0. The van der Waals surface area contributed by atoms with E-state index in [1.165, 1.54) is 30.6 Å². The predicted molar refractivity (Wildman–Crippen MR) is 97.6 cm³/mol. The van der Waals surface area contributed by atoms with E-state index in [0.29, 0.717) is 29.2 Å². The first-order valence-corrected chi connectivity index (χ1v) is 9.21. The van der Waals surface area contributed by atoms with Crippen LogP contribution in [0.2, 0.25) is 0 Å². The molecule has 0 saturated carbocycles. The molecule has 30 heavy (non-hydrogen) atoms. The number of benzene rings is 1. The monoisotopic (exact) mass is 416 g/mol. The van der Waals surface area contributed by atoms with Crippen molar-refractivity contribution in [2.75, 3.05) is 5.32 Å². The molecule has 0 spiro atoms. The molecule has 2 aliphatic rings. The first-order valence-electron chi connectivity index (χ1n) is 9.21. The van der Waals surface area contributed by atoms with Crippen molar-refractivity contribution in [3.63, 3.8) is 0 Å². The second-order valence-corrected chi connectivity index (χ2v) is 7.11. The zero-order valence-electron chi connectivity index (χ0n) is 15.4. The number of furan rings is 1. The maximum Gasteiger partial charge on any atom is 0.573 e. The van der Waals surface area contributed by atoms with Gasteiger partial charge in [-0.3, -0.25) is 4.79 Å². The van der Waals surface area contributed by atoms with Crippen LogP contribution in [0, 0.1) is 0 Å². The maximum absolute atomic E-state index is 13.1. The minimum absolute atomic E-state index is 0.0769. The van der Waals surface area contributed by atoms with Crippen molar-refractivity contribution in [1.82, 2.24) is 14.8 Å². The SMILES string of the molecule is O=C1CC(c2ccco2)CC2=C1C(c1ccc(OC(F)(F)F)cc1)n1ncnc1N2. The summed E-state index contributed by atoms with van der Waals surface area (Å²) in [5.74, 6) is 0.681. The van der Waals surface area contributed by atoms with Gasteiger partial charge in [0, 0.05) is 23.6 Å². The highest BCUT2D eigenvalue weighted by atomic mass is 19.4. The Kier molecular flexibility index (Phi) is 4.16. The Labute approximate surface area is 168 Å². The molecule has 3 aromatic rings. The van der Waals surface area contributed by atoms with Gasteiger partial charge in [0.15, 0.2) is 5.78 Å². The zero-order valence-corrected chi connectivity index (χ0v) is 15.4. The van der Waals surface area contributed by atoms with Gasteiger partial charge in [0.05, 0.1) is 6.26 Å². The molecule has 0 fully saturated rings. The van der Waals surface area contributed by atoms with E-state index in [0.717, 1.165) is 5.76 Å². The summed E-state index contributed by atoms with van der Waals surface area (Å²) in [6.07, 6.45) is -1.02. The fourth-order valence-corrected chi connectivity index (χ4v) is 4.04. The summed E-state index contributed by atoms with van der Waals surface area (Å²) in [5.41, 5.74) is 1.85. The Balaban J connectivity index is 1.53. The molecule has 3 heterocycles. The third-order valence-corrected chi connectivity index (χ3v) is 5.24. The number of Topliss-reactive ketones (excluding diaryl/α,β-unsaturated/α-hetero) is 1. The van der Waals surface area contributed by atoms with Crippen LogP contribution in [-0.4, -0.2) is 26.9 Å². The number of nitrogens with zero attached hydrogens (tertiary/aromatic N) is 3. The number of hydrogen-bond donors (Lipinski definition) is 1. The van der Waals surface area contributed by atoms with Gasteiger partial charge in [-0.25, -0.2) is 4.68 Å². The van der Waals surface area contributed by atoms with Gasteiger partial charge in [0.25, 0.3) is 0 Å². The van der Waals surface area contributed by atoms with Crippen molar-refractivity contribution >= 4 is 11.7 Å². The van der Waals surface area contributed by atoms with Crippen LogP contribution >= 0.6 is 0 Å². The highest BCUT2D eigenvalue weighted by Crippen LogP contribution is 2.44. The van der Waals surface area contributed by atoms with Crippen LogP contribution < -0.4 is 10.1 Å². The highest BCUT2D eigenvalue weighted by molar-refractivity contribution is 6.00. The summed E-state index contributed by atoms with van der Waals surface area (Å²) in [5, 5.41) is 7.39. The maximum atomic E-state index is 13.1. The smallest absolute Gasteiger partial charge is 0.469 e. The number of carbonyl (C=O) groups is 1. The number of nitrogens with one attached hydrogen (secondary N) is 1. The molecule has 2 unspecified atom stereocenters. The number of rotatable bonds is 3. The van der Waals surface area contributed by atoms with Gasteiger partial charge >= 0.3 is 6.36 Å². The Morgan fingerprint density at radius 2 is 1.97 bits per heavy atom. The molecule has 1 aliphatic carbocycles. The Hall–Kier alpha value is -3.56. The van der Waals surface area contributed by atoms with Crippen LogP contribution in [0.1, 0.15) is 36.1 Å². The Morgan fingerprint density at radius 1 is 1.17 bits per heavy atom. The van der Waals surface area contributed by atoms with Gasteiger partial charge in [-0.1, -0.05) is 12.1 Å². The molecule has 1 aliphatic heterocycles. The summed E-state index contributed by atoms with van der Waals surface area (Å²) in [4.78, 5) is 17.3. The average Bonchev–Trinajstić information content (AvgIpc) is 3.37. The zero-order chi connectivity index (χ0) is 20.9. The first-order chi connectivity index (χ1) is 14.4. The molecule has 0 radical (unpaired) electrons. The molecular formula is C20H15F3N4O3. The second kappa shape index (κ2) is 6.75. The van der Waals surface area contributed by atoms with Crippen LogP contribution in [-0.2, 0) is 4.79 Å². The predicted octanol–water partition coefficient (Wildman–Crippen LogP) is 4.19. The third-order valence-electron chi connectivity index (χ3n) is 5.24. The van der Waals surface area contributed by atoms with Crippen molar-refractivity contribution in [2.24, 2.45) is 0 Å². The molecular weight excluding hydrogens is 401 g/mol. The largest absolute Gasteiger partial charge is 0.573 e. The molecule has 2 aromatic heterocycles. The van der Waals surface area contributed by atoms with E-state index in [9.17, 15) is 18.0 Å². The number of carbonyl (C=O) groups excluding carboxylic acids is 1. The highest BCUT2D eigenvalue weighted by Gasteiger charge is 2.40. The number of aromatic nitrogens is 3. The molecule has 10 heteroatoms. The number of allylic oxidation sites excluding steroid dienone is 2. The van der Waals surface area contributed by atoms with Gasteiger partial charge in [-0.05, 0) is 36.2 Å². The van der Waals surface area contributed by atoms with Crippen molar-refractivity contribution < 1.29 is 27.1 Å². The molecule has 1 N–H and O–H groups in total. The molecule has 154 valence electrons. The summed E-state index contributed by atoms with van der Waals surface area (Å²) in [6, 6.07) is 8.47. The van der Waals surface area contributed by atoms with Crippen molar-refractivity contribution in [1.29, 1.82) is 0 Å². The van der Waals surface area contributed by atoms with Gasteiger partial charge in [0.2, 0.25) is 5.95 Å². The molecule has 5 rings (SSSR count). The van der Waals surface area contributed by atoms with Gasteiger partial charge in [-0.15, -0.1) is 13.2 Å². The van der Waals surface area contributed by atoms with E-state index in [2.05, 4.69) is 20.1 Å². The first kappa shape index (κ1) is 18.5. The van der Waals surface area contributed by atoms with Crippen LogP contribution in [0.15, 0.2) is 64.7 Å². The lowest BCUT2D eigenvalue weighted by Gasteiger charge is -2.34. The fourth-order valence-electron chi connectivity index (χ4n) is 4.04. The Bertz CT molecular complexity index is 1120. The molecule has 0 amide bonds. The van der Waals surface area contributed by atoms with E-state index in [1.807, 2.05) is 6.07 Å². The van der Waals surface area contributed by atoms with Crippen LogP contribution in [0.5, 0.6) is 5.75 Å². The van der Waals surface area contributed by atoms with Crippen molar-refractivity contribution in [3.05, 3.63) is 71.6 Å². The van der Waals surface area contributed by atoms with E-state index >= 15 is 0 Å². The van der Waals surface area contributed by atoms with Gasteiger partial charge in [-0.2, -0.15) is 10.1 Å². The fraction of sp³-hybridized carbons (Fsp3) is 0.250. The van der Waals surface area contributed by atoms with E-state index in [1.54, 1.807) is 17.0 Å². The second-order valence-electron chi connectivity index (χ2n) is 7.11. The third kappa shape index (κ3) is 3.23. The minimum atomic E-state index is -4.77. The summed E-state index contributed by atoms with van der Waals surface area (Å²) < 4.78 is 48.4. The topological polar surface area (TPSA) is 82.2 Å². The van der Waals surface area contributed by atoms with Crippen molar-refractivity contribution in [2.45, 2.75) is 31.2 Å². The molecule has 1 aromatic carbocycles. The van der Waals surface area contributed by atoms with Gasteiger partial charge < -0.3 is 14.5 Å². The lowest BCUT2D eigenvalue weighted by Crippen LogP contribution is -2.33. The van der Waals surface area contributed by atoms with Gasteiger partial charge in [0.1, 0.15) is 23.9 Å². The summed E-state index contributed by atoms with van der Waals surface area (Å²) in [7, 11) is 0. The minimum Gasteiger partial charge on any atom is -0.469 e. The van der Waals surface area contributed by atoms with Crippen LogP contribution in [0.3, 0.4) is 0 Å². The molecule has 0 saturated heterocycles. The summed E-state index contributed by atoms with van der Waals surface area (Å²) >= 11 is 0. The van der Waals surface area contributed by atoms with E-state index < -0.39 is 12.4 Å².